The highest BCUT2D eigenvalue weighted by Crippen LogP contribution is 2.20. The first-order valence-corrected chi connectivity index (χ1v) is 11.1. The lowest BCUT2D eigenvalue weighted by molar-refractivity contribution is 0.102. The topological polar surface area (TPSA) is 149 Å². The van der Waals surface area contributed by atoms with E-state index in [2.05, 4.69) is 25.7 Å². The van der Waals surface area contributed by atoms with Crippen molar-refractivity contribution in [1.29, 1.82) is 0 Å². The second-order valence-electron chi connectivity index (χ2n) is 7.95. The van der Waals surface area contributed by atoms with Gasteiger partial charge < -0.3 is 26.5 Å². The molecule has 10 heteroatoms. The van der Waals surface area contributed by atoms with Crippen LogP contribution in [0.2, 0.25) is 0 Å². The van der Waals surface area contributed by atoms with Crippen molar-refractivity contribution in [3.8, 4) is 11.6 Å². The highest BCUT2D eigenvalue weighted by Gasteiger charge is 2.12. The van der Waals surface area contributed by atoms with Gasteiger partial charge in [0, 0.05) is 18.2 Å². The van der Waals surface area contributed by atoms with Crippen LogP contribution in [-0.4, -0.2) is 32.0 Å². The van der Waals surface area contributed by atoms with Gasteiger partial charge >= 0.3 is 0 Å². The number of hydrogen-bond donors (Lipinski definition) is 4. The highest BCUT2D eigenvalue weighted by molar-refractivity contribution is 6.05. The lowest BCUT2D eigenvalue weighted by Gasteiger charge is -2.09. The molecule has 6 N–H and O–H groups in total. The molecule has 0 saturated heterocycles. The number of furan rings is 1. The highest BCUT2D eigenvalue weighted by atomic mass is 16.3. The number of amides is 1. The summed E-state index contributed by atoms with van der Waals surface area (Å²) in [4.78, 5) is 21.3. The average Bonchev–Trinajstić information content (AvgIpc) is 3.54. The van der Waals surface area contributed by atoms with Crippen LogP contribution in [0.3, 0.4) is 0 Å². The summed E-state index contributed by atoms with van der Waals surface area (Å²) in [6, 6.07) is 20.1. The van der Waals surface area contributed by atoms with Crippen molar-refractivity contribution in [3.05, 3.63) is 84.1 Å². The van der Waals surface area contributed by atoms with Crippen LogP contribution in [0.5, 0.6) is 0 Å². The first-order valence-electron chi connectivity index (χ1n) is 11.1. The van der Waals surface area contributed by atoms with Gasteiger partial charge in [0.15, 0.2) is 11.4 Å². The van der Waals surface area contributed by atoms with E-state index < -0.39 is 0 Å². The van der Waals surface area contributed by atoms with Crippen LogP contribution in [-0.2, 0) is 6.42 Å². The van der Waals surface area contributed by atoms with Gasteiger partial charge in [-0.1, -0.05) is 24.3 Å². The normalized spacial score (nSPS) is 11.0. The van der Waals surface area contributed by atoms with Crippen molar-refractivity contribution in [2.75, 3.05) is 28.6 Å². The Hall–Kier alpha value is -4.86. The van der Waals surface area contributed by atoms with E-state index in [1.54, 1.807) is 36.6 Å². The molecule has 5 aromatic rings. The number of carbonyl (C=O) groups excluding carboxylic acids is 1. The first-order chi connectivity index (χ1) is 17.1. The van der Waals surface area contributed by atoms with E-state index in [1.807, 2.05) is 36.4 Å². The van der Waals surface area contributed by atoms with E-state index in [1.165, 1.54) is 4.52 Å². The smallest absolute Gasteiger partial charge is 0.255 e. The van der Waals surface area contributed by atoms with E-state index in [-0.39, 0.29) is 11.9 Å². The van der Waals surface area contributed by atoms with Gasteiger partial charge in [-0.15, -0.1) is 5.10 Å². The summed E-state index contributed by atoms with van der Waals surface area (Å²) in [5, 5.41) is 10.5. The van der Waals surface area contributed by atoms with Crippen molar-refractivity contribution in [2.45, 2.75) is 12.8 Å². The number of carbonyl (C=O) groups is 1. The zero-order valence-electron chi connectivity index (χ0n) is 18.8. The number of para-hydroxylation sites is 2. The second-order valence-corrected chi connectivity index (χ2v) is 7.95. The molecule has 0 aliphatic rings. The number of aromatic nitrogens is 4. The molecule has 0 fully saturated rings. The molecule has 10 nitrogen and oxygen atoms in total. The van der Waals surface area contributed by atoms with Crippen LogP contribution < -0.4 is 22.1 Å². The van der Waals surface area contributed by atoms with E-state index in [0.29, 0.717) is 46.5 Å². The Kier molecular flexibility index (Phi) is 6.00. The van der Waals surface area contributed by atoms with E-state index in [0.717, 1.165) is 18.4 Å². The maximum absolute atomic E-state index is 12.5. The van der Waals surface area contributed by atoms with Crippen LogP contribution in [0, 0.1) is 0 Å². The van der Waals surface area contributed by atoms with Gasteiger partial charge in [-0.2, -0.15) is 9.50 Å². The molecule has 176 valence electrons. The van der Waals surface area contributed by atoms with Crippen LogP contribution >= 0.6 is 0 Å². The van der Waals surface area contributed by atoms with E-state index in [4.69, 9.17) is 15.9 Å². The molecule has 3 heterocycles. The van der Waals surface area contributed by atoms with E-state index >= 15 is 0 Å². The average molecular weight is 469 g/mol. The number of nitrogens with zero attached hydrogens (tertiary/aromatic N) is 4. The van der Waals surface area contributed by atoms with Crippen molar-refractivity contribution in [2.24, 2.45) is 0 Å². The molecule has 35 heavy (non-hydrogen) atoms. The summed E-state index contributed by atoms with van der Waals surface area (Å²) < 4.78 is 6.83. The number of rotatable bonds is 8. The van der Waals surface area contributed by atoms with Gasteiger partial charge in [-0.3, -0.25) is 4.79 Å². The van der Waals surface area contributed by atoms with Gasteiger partial charge in [0.25, 0.3) is 5.91 Å². The molecular formula is C25H24N8O2. The molecule has 2 aromatic carbocycles. The monoisotopic (exact) mass is 468 g/mol. The zero-order chi connectivity index (χ0) is 24.2. The standard InChI is InChI=1S/C25H24N8O2/c26-18-6-1-2-7-19(18)29-24(34)17-11-9-16(10-12-17)5-3-13-28-21-15-22-31-23(20-8-4-14-35-20)32-33(22)25(27)30-21/h1-2,4,6-12,14-15,28H,3,5,13,26H2,(H2,27,30)(H,29,34). The lowest BCUT2D eigenvalue weighted by Crippen LogP contribution is -2.13. The number of aryl methyl sites for hydroxylation is 1. The predicted molar refractivity (Wildman–Crippen MR) is 135 cm³/mol. The van der Waals surface area contributed by atoms with Crippen LogP contribution in [0.25, 0.3) is 17.2 Å². The number of nitrogen functional groups attached to an aromatic ring is 2. The summed E-state index contributed by atoms with van der Waals surface area (Å²) in [5.41, 5.74) is 15.4. The van der Waals surface area contributed by atoms with Crippen molar-refractivity contribution in [3.63, 3.8) is 0 Å². The third kappa shape index (κ3) is 4.91. The third-order valence-corrected chi connectivity index (χ3v) is 5.47. The minimum Gasteiger partial charge on any atom is -0.461 e. The summed E-state index contributed by atoms with van der Waals surface area (Å²) in [7, 11) is 0. The Labute approximate surface area is 201 Å². The Balaban J connectivity index is 1.15. The zero-order valence-corrected chi connectivity index (χ0v) is 18.8. The molecule has 0 aliphatic carbocycles. The largest absolute Gasteiger partial charge is 0.461 e. The third-order valence-electron chi connectivity index (χ3n) is 5.47. The van der Waals surface area contributed by atoms with E-state index in [9.17, 15) is 4.79 Å². The Morgan fingerprint density at radius 2 is 1.83 bits per heavy atom. The summed E-state index contributed by atoms with van der Waals surface area (Å²) >= 11 is 0. The van der Waals surface area contributed by atoms with Crippen molar-refractivity contribution in [1.82, 2.24) is 19.6 Å². The number of anilines is 4. The molecule has 1 amide bonds. The minimum absolute atomic E-state index is 0.196. The Morgan fingerprint density at radius 3 is 2.60 bits per heavy atom. The molecule has 3 aromatic heterocycles. The van der Waals surface area contributed by atoms with Gasteiger partial charge in [-0.05, 0) is 54.8 Å². The summed E-state index contributed by atoms with van der Waals surface area (Å²) in [5.74, 6) is 1.68. The Bertz CT molecular complexity index is 1460. The van der Waals surface area contributed by atoms with Crippen LogP contribution in [0.1, 0.15) is 22.3 Å². The fourth-order valence-electron chi connectivity index (χ4n) is 3.65. The number of hydrogen-bond acceptors (Lipinski definition) is 8. The lowest BCUT2D eigenvalue weighted by atomic mass is 10.1. The molecule has 5 rings (SSSR count). The molecular weight excluding hydrogens is 444 g/mol. The Morgan fingerprint density at radius 1 is 1.00 bits per heavy atom. The fraction of sp³-hybridized carbons (Fsp3) is 0.120. The molecule has 0 bridgehead atoms. The van der Waals surface area contributed by atoms with Gasteiger partial charge in [0.05, 0.1) is 17.6 Å². The number of fused-ring (bicyclic) bond motifs is 1. The molecule has 0 unspecified atom stereocenters. The molecule has 0 radical (unpaired) electrons. The summed E-state index contributed by atoms with van der Waals surface area (Å²) in [6.45, 7) is 0.692. The maximum Gasteiger partial charge on any atom is 0.255 e. The van der Waals surface area contributed by atoms with Gasteiger partial charge in [0.1, 0.15) is 5.82 Å². The number of nitrogens with two attached hydrogens (primary N) is 2. The van der Waals surface area contributed by atoms with Crippen LogP contribution in [0.15, 0.2) is 77.4 Å². The SMILES string of the molecule is Nc1ccccc1NC(=O)c1ccc(CCCNc2cc3nc(-c4ccco4)nn3c(N)n2)cc1. The first kappa shape index (κ1) is 22.0. The fourth-order valence-corrected chi connectivity index (χ4v) is 3.65. The molecule has 0 spiro atoms. The van der Waals surface area contributed by atoms with Crippen LogP contribution in [0.4, 0.5) is 23.1 Å². The van der Waals surface area contributed by atoms with Gasteiger partial charge in [-0.25, -0.2) is 4.98 Å². The van der Waals surface area contributed by atoms with Crippen molar-refractivity contribution < 1.29 is 9.21 Å². The molecule has 0 aliphatic heterocycles. The quantitative estimate of drug-likeness (QED) is 0.198. The van der Waals surface area contributed by atoms with Gasteiger partial charge in [0.2, 0.25) is 11.8 Å². The minimum atomic E-state index is -0.196. The maximum atomic E-state index is 12.5. The molecule has 0 atom stereocenters. The number of benzene rings is 2. The summed E-state index contributed by atoms with van der Waals surface area (Å²) in [6.07, 6.45) is 3.27. The second kappa shape index (κ2) is 9.56. The van der Waals surface area contributed by atoms with Crippen molar-refractivity contribution >= 4 is 34.7 Å². The number of nitrogens with one attached hydrogen (secondary N) is 2. The molecule has 0 saturated carbocycles. The predicted octanol–water partition coefficient (Wildman–Crippen LogP) is 3.85.